The van der Waals surface area contributed by atoms with Crippen molar-refractivity contribution in [3.8, 4) is 0 Å². The van der Waals surface area contributed by atoms with Gasteiger partial charge in [-0.15, -0.1) is 0 Å². The van der Waals surface area contributed by atoms with Crippen LogP contribution in [0.1, 0.15) is 19.8 Å². The number of nitrogens with zero attached hydrogens (tertiary/aromatic N) is 1. The van der Waals surface area contributed by atoms with Crippen LogP contribution in [0.15, 0.2) is 0 Å². The van der Waals surface area contributed by atoms with Crippen LogP contribution in [-0.4, -0.2) is 48.0 Å². The second kappa shape index (κ2) is 5.21. The predicted molar refractivity (Wildman–Crippen MR) is 64.1 cm³/mol. The van der Waals surface area contributed by atoms with Gasteiger partial charge in [-0.2, -0.15) is 11.8 Å². The molecule has 2 aliphatic rings. The molecule has 4 heteroatoms. The summed E-state index contributed by atoms with van der Waals surface area (Å²) in [4.78, 5) is 14.3. The summed E-state index contributed by atoms with van der Waals surface area (Å²) in [6.07, 6.45) is 2.10. The predicted octanol–water partition coefficient (Wildman–Crippen LogP) is 0.950. The molecule has 0 spiro atoms. The maximum Gasteiger partial charge on any atom is 0.227 e. The third-order valence-electron chi connectivity index (χ3n) is 3.43. The van der Waals surface area contributed by atoms with Crippen molar-refractivity contribution in [3.05, 3.63) is 0 Å². The number of nitrogens with one attached hydrogen (secondary N) is 1. The first-order chi connectivity index (χ1) is 7.33. The number of carbonyl (C=O) groups excluding carboxylic acids is 1. The Balaban J connectivity index is 1.93. The minimum Gasteiger partial charge on any atom is -0.341 e. The van der Waals surface area contributed by atoms with Crippen LogP contribution < -0.4 is 5.32 Å². The smallest absolute Gasteiger partial charge is 0.227 e. The van der Waals surface area contributed by atoms with E-state index in [0.717, 1.165) is 44.0 Å². The largest absolute Gasteiger partial charge is 0.341 e. The number of rotatable bonds is 2. The highest BCUT2D eigenvalue weighted by Gasteiger charge is 2.34. The van der Waals surface area contributed by atoms with Crippen LogP contribution in [0, 0.1) is 5.92 Å². The molecule has 2 heterocycles. The SMILES string of the molecule is CCC1NCCC1C(=O)N1CCSCC1. The molecule has 0 aliphatic carbocycles. The van der Waals surface area contributed by atoms with Crippen LogP contribution in [0.4, 0.5) is 0 Å². The molecule has 2 rings (SSSR count). The monoisotopic (exact) mass is 228 g/mol. The van der Waals surface area contributed by atoms with E-state index in [-0.39, 0.29) is 5.92 Å². The molecular weight excluding hydrogens is 208 g/mol. The van der Waals surface area contributed by atoms with E-state index in [2.05, 4.69) is 17.1 Å². The molecule has 0 aromatic heterocycles. The lowest BCUT2D eigenvalue weighted by molar-refractivity contribution is -0.135. The van der Waals surface area contributed by atoms with Crippen molar-refractivity contribution in [1.29, 1.82) is 0 Å². The van der Waals surface area contributed by atoms with Crippen molar-refractivity contribution in [2.75, 3.05) is 31.1 Å². The minimum atomic E-state index is 0.248. The number of hydrogen-bond donors (Lipinski definition) is 1. The summed E-state index contributed by atoms with van der Waals surface area (Å²) in [7, 11) is 0. The lowest BCUT2D eigenvalue weighted by Crippen LogP contribution is -2.44. The van der Waals surface area contributed by atoms with Gasteiger partial charge >= 0.3 is 0 Å². The lowest BCUT2D eigenvalue weighted by atomic mass is 9.97. The molecule has 2 fully saturated rings. The molecule has 86 valence electrons. The van der Waals surface area contributed by atoms with E-state index in [4.69, 9.17) is 0 Å². The summed E-state index contributed by atoms with van der Waals surface area (Å²) in [5.41, 5.74) is 0. The minimum absolute atomic E-state index is 0.248. The Kier molecular flexibility index (Phi) is 3.92. The summed E-state index contributed by atoms with van der Waals surface area (Å²) < 4.78 is 0. The van der Waals surface area contributed by atoms with Crippen molar-refractivity contribution in [3.63, 3.8) is 0 Å². The summed E-state index contributed by atoms with van der Waals surface area (Å²) in [6.45, 7) is 5.08. The number of hydrogen-bond acceptors (Lipinski definition) is 3. The number of thioether (sulfide) groups is 1. The summed E-state index contributed by atoms with van der Waals surface area (Å²) in [6, 6.07) is 0.423. The topological polar surface area (TPSA) is 32.3 Å². The van der Waals surface area contributed by atoms with Gasteiger partial charge in [0.15, 0.2) is 0 Å². The van der Waals surface area contributed by atoms with Crippen LogP contribution >= 0.6 is 11.8 Å². The first-order valence-corrected chi connectivity index (χ1v) is 7.08. The molecule has 2 aliphatic heterocycles. The molecular formula is C11H20N2OS. The Morgan fingerprint density at radius 1 is 1.47 bits per heavy atom. The Bertz CT molecular complexity index is 229. The highest BCUT2D eigenvalue weighted by Crippen LogP contribution is 2.22. The first kappa shape index (κ1) is 11.3. The zero-order valence-electron chi connectivity index (χ0n) is 9.37. The fourth-order valence-electron chi connectivity index (χ4n) is 2.51. The summed E-state index contributed by atoms with van der Waals surface area (Å²) in [5, 5.41) is 3.42. The van der Waals surface area contributed by atoms with Gasteiger partial charge in [0, 0.05) is 30.6 Å². The van der Waals surface area contributed by atoms with Gasteiger partial charge in [0.2, 0.25) is 5.91 Å². The second-order valence-corrected chi connectivity index (χ2v) is 5.53. The zero-order chi connectivity index (χ0) is 10.7. The van der Waals surface area contributed by atoms with Crippen LogP contribution in [0.5, 0.6) is 0 Å². The second-order valence-electron chi connectivity index (χ2n) is 4.30. The average molecular weight is 228 g/mol. The molecule has 0 radical (unpaired) electrons. The van der Waals surface area contributed by atoms with E-state index in [0.29, 0.717) is 11.9 Å². The number of amides is 1. The third kappa shape index (κ3) is 2.48. The maximum atomic E-state index is 12.2. The molecule has 1 N–H and O–H groups in total. The Morgan fingerprint density at radius 2 is 2.20 bits per heavy atom. The molecule has 0 aromatic carbocycles. The van der Waals surface area contributed by atoms with Gasteiger partial charge in [0.1, 0.15) is 0 Å². The fourth-order valence-corrected chi connectivity index (χ4v) is 3.41. The average Bonchev–Trinajstić information content (AvgIpc) is 2.77. The van der Waals surface area contributed by atoms with Crippen LogP contribution in [-0.2, 0) is 4.79 Å². The standard InChI is InChI=1S/C11H20N2OS/c1-2-10-9(3-4-12-10)11(14)13-5-7-15-8-6-13/h9-10,12H,2-8H2,1H3. The first-order valence-electron chi connectivity index (χ1n) is 5.93. The molecule has 0 bridgehead atoms. The summed E-state index contributed by atoms with van der Waals surface area (Å²) >= 11 is 1.96. The van der Waals surface area contributed by atoms with Crippen molar-refractivity contribution < 1.29 is 4.79 Å². The fraction of sp³-hybridized carbons (Fsp3) is 0.909. The molecule has 0 saturated carbocycles. The van der Waals surface area contributed by atoms with Gasteiger partial charge in [-0.05, 0) is 19.4 Å². The third-order valence-corrected chi connectivity index (χ3v) is 4.37. The van der Waals surface area contributed by atoms with Crippen LogP contribution in [0.2, 0.25) is 0 Å². The van der Waals surface area contributed by atoms with Gasteiger partial charge in [0.05, 0.1) is 5.92 Å². The molecule has 2 saturated heterocycles. The van der Waals surface area contributed by atoms with E-state index in [1.54, 1.807) is 0 Å². The van der Waals surface area contributed by atoms with Gasteiger partial charge < -0.3 is 10.2 Å². The highest BCUT2D eigenvalue weighted by atomic mass is 32.2. The Morgan fingerprint density at radius 3 is 2.87 bits per heavy atom. The molecule has 2 atom stereocenters. The molecule has 1 amide bonds. The molecule has 15 heavy (non-hydrogen) atoms. The molecule has 2 unspecified atom stereocenters. The van der Waals surface area contributed by atoms with Gasteiger partial charge in [-0.3, -0.25) is 4.79 Å². The van der Waals surface area contributed by atoms with E-state index >= 15 is 0 Å². The van der Waals surface area contributed by atoms with Gasteiger partial charge in [-0.25, -0.2) is 0 Å². The lowest BCUT2D eigenvalue weighted by Gasteiger charge is -2.30. The summed E-state index contributed by atoms with van der Waals surface area (Å²) in [5.74, 6) is 2.87. The molecule has 0 aromatic rings. The van der Waals surface area contributed by atoms with Crippen molar-refractivity contribution >= 4 is 17.7 Å². The van der Waals surface area contributed by atoms with E-state index in [9.17, 15) is 4.79 Å². The van der Waals surface area contributed by atoms with Crippen molar-refractivity contribution in [2.45, 2.75) is 25.8 Å². The quantitative estimate of drug-likeness (QED) is 0.764. The molecule has 3 nitrogen and oxygen atoms in total. The van der Waals surface area contributed by atoms with E-state index < -0.39 is 0 Å². The van der Waals surface area contributed by atoms with Crippen LogP contribution in [0.3, 0.4) is 0 Å². The van der Waals surface area contributed by atoms with Crippen molar-refractivity contribution in [2.24, 2.45) is 5.92 Å². The Labute approximate surface area is 96.0 Å². The van der Waals surface area contributed by atoms with Gasteiger partial charge in [0.25, 0.3) is 0 Å². The van der Waals surface area contributed by atoms with Gasteiger partial charge in [-0.1, -0.05) is 6.92 Å². The van der Waals surface area contributed by atoms with E-state index in [1.165, 1.54) is 0 Å². The highest BCUT2D eigenvalue weighted by molar-refractivity contribution is 7.99. The number of carbonyl (C=O) groups is 1. The maximum absolute atomic E-state index is 12.2. The van der Waals surface area contributed by atoms with Crippen molar-refractivity contribution in [1.82, 2.24) is 10.2 Å². The zero-order valence-corrected chi connectivity index (χ0v) is 10.2. The normalized spacial score (nSPS) is 31.9. The van der Waals surface area contributed by atoms with E-state index in [1.807, 2.05) is 11.8 Å². The Hall–Kier alpha value is -0.220. The van der Waals surface area contributed by atoms with Crippen LogP contribution in [0.25, 0.3) is 0 Å².